The first kappa shape index (κ1) is 15.9. The second kappa shape index (κ2) is 6.98. The van der Waals surface area contributed by atoms with Crippen molar-refractivity contribution in [1.29, 1.82) is 0 Å². The molecule has 2 rings (SSSR count). The second-order valence-corrected chi connectivity index (χ2v) is 5.47. The van der Waals surface area contributed by atoms with Crippen molar-refractivity contribution >= 4 is 23.2 Å². The van der Waals surface area contributed by atoms with Gasteiger partial charge in [-0.05, 0) is 12.1 Å². The van der Waals surface area contributed by atoms with Crippen LogP contribution in [0.3, 0.4) is 0 Å². The molecule has 0 aliphatic carbocycles. The molecule has 0 saturated carbocycles. The largest absolute Gasteiger partial charge is 0.314 e. The zero-order valence-electron chi connectivity index (χ0n) is 10.7. The van der Waals surface area contributed by atoms with Crippen LogP contribution in [-0.2, 0) is 0 Å². The summed E-state index contributed by atoms with van der Waals surface area (Å²) in [7, 11) is 0. The van der Waals surface area contributed by atoms with Crippen molar-refractivity contribution in [3.05, 3.63) is 33.6 Å². The van der Waals surface area contributed by atoms with E-state index in [1.165, 1.54) is 12.1 Å². The molecular formula is C13H15Cl2F3N2. The first-order valence-electron chi connectivity index (χ1n) is 6.37. The average molecular weight is 327 g/mol. The highest BCUT2D eigenvalue weighted by molar-refractivity contribution is 6.42. The van der Waals surface area contributed by atoms with Gasteiger partial charge in [-0.25, -0.2) is 13.2 Å². The lowest BCUT2D eigenvalue weighted by atomic mass is 10.0. The minimum Gasteiger partial charge on any atom is -0.314 e. The molecule has 1 aliphatic rings. The number of nitrogens with zero attached hydrogens (tertiary/aromatic N) is 1. The van der Waals surface area contributed by atoms with Crippen LogP contribution >= 0.6 is 23.2 Å². The number of halogens is 5. The topological polar surface area (TPSA) is 15.3 Å². The van der Waals surface area contributed by atoms with Crippen LogP contribution < -0.4 is 5.32 Å². The molecule has 1 heterocycles. The molecule has 0 amide bonds. The van der Waals surface area contributed by atoms with Crippen molar-refractivity contribution in [2.45, 2.75) is 18.9 Å². The van der Waals surface area contributed by atoms with E-state index in [2.05, 4.69) is 5.32 Å². The fourth-order valence-corrected chi connectivity index (χ4v) is 2.90. The summed E-state index contributed by atoms with van der Waals surface area (Å²) in [6.45, 7) is 2.50. The minimum atomic E-state index is -2.54. The molecule has 7 heteroatoms. The van der Waals surface area contributed by atoms with Crippen LogP contribution in [0.4, 0.5) is 13.2 Å². The number of benzene rings is 1. The smallest absolute Gasteiger partial charge is 0.240 e. The minimum absolute atomic E-state index is 0.0239. The molecule has 0 bridgehead atoms. The molecule has 20 heavy (non-hydrogen) atoms. The van der Waals surface area contributed by atoms with Crippen LogP contribution in [0.25, 0.3) is 0 Å². The van der Waals surface area contributed by atoms with E-state index in [0.29, 0.717) is 26.2 Å². The molecule has 1 fully saturated rings. The first-order valence-corrected chi connectivity index (χ1v) is 7.12. The van der Waals surface area contributed by atoms with Crippen molar-refractivity contribution in [2.75, 3.05) is 26.2 Å². The summed E-state index contributed by atoms with van der Waals surface area (Å²) in [5.74, 6) is -0.594. The maximum absolute atomic E-state index is 14.1. The lowest BCUT2D eigenvalue weighted by Crippen LogP contribution is -2.45. The van der Waals surface area contributed by atoms with Gasteiger partial charge in [-0.1, -0.05) is 23.2 Å². The summed E-state index contributed by atoms with van der Waals surface area (Å²) in [4.78, 5) is 1.82. The van der Waals surface area contributed by atoms with Gasteiger partial charge in [-0.3, -0.25) is 4.90 Å². The second-order valence-electron chi connectivity index (χ2n) is 4.69. The molecule has 1 saturated heterocycles. The average Bonchev–Trinajstić information content (AvgIpc) is 2.43. The van der Waals surface area contributed by atoms with Gasteiger partial charge >= 0.3 is 0 Å². The SMILES string of the molecule is Fc1ccc(Cl)c(Cl)c1[C@@H](CC(F)F)N1CCNCC1. The van der Waals surface area contributed by atoms with Crippen molar-refractivity contribution in [3.63, 3.8) is 0 Å². The van der Waals surface area contributed by atoms with Gasteiger partial charge in [0.15, 0.2) is 0 Å². The number of nitrogens with one attached hydrogen (secondary N) is 1. The van der Waals surface area contributed by atoms with E-state index >= 15 is 0 Å². The molecule has 1 atom stereocenters. The van der Waals surface area contributed by atoms with E-state index in [0.717, 1.165) is 0 Å². The molecule has 2 nitrogen and oxygen atoms in total. The molecule has 1 aliphatic heterocycles. The van der Waals surface area contributed by atoms with Gasteiger partial charge in [0.05, 0.1) is 10.0 Å². The number of rotatable bonds is 4. The summed E-state index contributed by atoms with van der Waals surface area (Å²) >= 11 is 11.9. The van der Waals surface area contributed by atoms with Crippen molar-refractivity contribution in [3.8, 4) is 0 Å². The van der Waals surface area contributed by atoms with Crippen LogP contribution in [-0.4, -0.2) is 37.5 Å². The molecule has 0 aromatic heterocycles. The Balaban J connectivity index is 2.37. The molecule has 112 valence electrons. The monoisotopic (exact) mass is 326 g/mol. The van der Waals surface area contributed by atoms with Crippen molar-refractivity contribution in [1.82, 2.24) is 10.2 Å². The summed E-state index contributed by atoms with van der Waals surface area (Å²) < 4.78 is 39.8. The summed E-state index contributed by atoms with van der Waals surface area (Å²) in [6.07, 6.45) is -3.00. The van der Waals surface area contributed by atoms with E-state index in [1.54, 1.807) is 0 Å². The predicted molar refractivity (Wildman–Crippen MR) is 74.2 cm³/mol. The highest BCUT2D eigenvalue weighted by atomic mass is 35.5. The number of piperazine rings is 1. The van der Waals surface area contributed by atoms with Gasteiger partial charge in [-0.15, -0.1) is 0 Å². The van der Waals surface area contributed by atoms with Gasteiger partial charge in [0.25, 0.3) is 0 Å². The Kier molecular flexibility index (Phi) is 5.55. The fourth-order valence-electron chi connectivity index (χ4n) is 2.46. The Labute approximate surface area is 125 Å². The van der Waals surface area contributed by atoms with Gasteiger partial charge in [0.1, 0.15) is 5.82 Å². The maximum atomic E-state index is 14.1. The lowest BCUT2D eigenvalue weighted by Gasteiger charge is -2.35. The Morgan fingerprint density at radius 3 is 2.45 bits per heavy atom. The molecule has 0 radical (unpaired) electrons. The van der Waals surface area contributed by atoms with Crippen LogP contribution in [0.1, 0.15) is 18.0 Å². The molecule has 1 aromatic rings. The number of hydrogen-bond acceptors (Lipinski definition) is 2. The molecule has 1 N–H and O–H groups in total. The van der Waals surface area contributed by atoms with E-state index in [9.17, 15) is 13.2 Å². The zero-order valence-corrected chi connectivity index (χ0v) is 12.2. The predicted octanol–water partition coefficient (Wildman–Crippen LogP) is 3.73. The Morgan fingerprint density at radius 1 is 1.20 bits per heavy atom. The first-order chi connectivity index (χ1) is 9.50. The van der Waals surface area contributed by atoms with Crippen molar-refractivity contribution in [2.24, 2.45) is 0 Å². The molecule has 0 unspecified atom stereocenters. The van der Waals surface area contributed by atoms with Crippen LogP contribution in [0.15, 0.2) is 12.1 Å². The Hall–Kier alpha value is -0.490. The highest BCUT2D eigenvalue weighted by Gasteiger charge is 2.30. The summed E-state index contributed by atoms with van der Waals surface area (Å²) in [5.41, 5.74) is 0.0707. The van der Waals surface area contributed by atoms with Gasteiger partial charge < -0.3 is 5.32 Å². The standard InChI is InChI=1S/C13H15Cl2F3N2/c14-8-1-2-9(16)12(13(8)15)10(7-11(17)18)20-5-3-19-4-6-20/h1-2,10-11,19H,3-7H2/t10-/m1/s1. The zero-order chi connectivity index (χ0) is 14.7. The van der Waals surface area contributed by atoms with Gasteiger partial charge in [0, 0.05) is 44.2 Å². The van der Waals surface area contributed by atoms with E-state index in [-0.39, 0.29) is 15.6 Å². The molecular weight excluding hydrogens is 312 g/mol. The molecule has 1 aromatic carbocycles. The third-order valence-electron chi connectivity index (χ3n) is 3.41. The molecule has 0 spiro atoms. The maximum Gasteiger partial charge on any atom is 0.240 e. The Morgan fingerprint density at radius 2 is 1.85 bits per heavy atom. The van der Waals surface area contributed by atoms with Crippen LogP contribution in [0.2, 0.25) is 10.0 Å². The third-order valence-corrected chi connectivity index (χ3v) is 4.23. The highest BCUT2D eigenvalue weighted by Crippen LogP contribution is 2.37. The lowest BCUT2D eigenvalue weighted by molar-refractivity contribution is 0.0726. The summed E-state index contributed by atoms with van der Waals surface area (Å²) in [5, 5.41) is 3.34. The fraction of sp³-hybridized carbons (Fsp3) is 0.538. The van der Waals surface area contributed by atoms with E-state index in [4.69, 9.17) is 23.2 Å². The van der Waals surface area contributed by atoms with Gasteiger partial charge in [0.2, 0.25) is 6.43 Å². The van der Waals surface area contributed by atoms with E-state index < -0.39 is 24.7 Å². The quantitative estimate of drug-likeness (QED) is 0.848. The van der Waals surface area contributed by atoms with Crippen LogP contribution in [0, 0.1) is 5.82 Å². The number of hydrogen-bond donors (Lipinski definition) is 1. The van der Waals surface area contributed by atoms with Crippen LogP contribution in [0.5, 0.6) is 0 Å². The normalized spacial score (nSPS) is 18.5. The number of alkyl halides is 2. The van der Waals surface area contributed by atoms with Gasteiger partial charge in [-0.2, -0.15) is 0 Å². The third kappa shape index (κ3) is 3.58. The van der Waals surface area contributed by atoms with Crippen molar-refractivity contribution < 1.29 is 13.2 Å². The van der Waals surface area contributed by atoms with E-state index in [1.807, 2.05) is 4.90 Å². The Bertz CT molecular complexity index is 465. The summed E-state index contributed by atoms with van der Waals surface area (Å²) in [6, 6.07) is 1.74.